The van der Waals surface area contributed by atoms with Gasteiger partial charge in [-0.15, -0.1) is 0 Å². The molecule has 0 saturated carbocycles. The molecule has 53 heavy (non-hydrogen) atoms. The normalized spacial score (nSPS) is 13.8. The van der Waals surface area contributed by atoms with Gasteiger partial charge >= 0.3 is 0 Å². The van der Waals surface area contributed by atoms with E-state index in [1.165, 1.54) is 88.7 Å². The fourth-order valence-corrected chi connectivity index (χ4v) is 8.68. The lowest BCUT2D eigenvalue weighted by atomic mass is 9.84. The molecule has 0 fully saturated rings. The zero-order valence-corrected chi connectivity index (χ0v) is 29.6. The Morgan fingerprint density at radius 1 is 0.415 bits per heavy atom. The molecule has 1 aromatic heterocycles. The highest BCUT2D eigenvalue weighted by Crippen LogP contribution is 2.43. The third-order valence-corrected chi connectivity index (χ3v) is 11.3. The van der Waals surface area contributed by atoms with Crippen molar-refractivity contribution >= 4 is 21.8 Å². The number of rotatable bonds is 6. The second-order valence-corrected chi connectivity index (χ2v) is 14.5. The second kappa shape index (κ2) is 13.3. The fourth-order valence-electron chi connectivity index (χ4n) is 8.68. The monoisotopic (exact) mass is 677 g/mol. The molecule has 1 atom stereocenters. The number of aryl methyl sites for hydroxylation is 1. The van der Waals surface area contributed by atoms with Gasteiger partial charge in [-0.3, -0.25) is 0 Å². The molecule has 1 aliphatic carbocycles. The van der Waals surface area contributed by atoms with Gasteiger partial charge in [0.2, 0.25) is 0 Å². The van der Waals surface area contributed by atoms with Crippen molar-refractivity contribution < 1.29 is 0 Å². The van der Waals surface area contributed by atoms with E-state index in [1.54, 1.807) is 0 Å². The van der Waals surface area contributed by atoms with Gasteiger partial charge in [-0.05, 0) is 123 Å². The zero-order chi connectivity index (χ0) is 35.1. The second-order valence-electron chi connectivity index (χ2n) is 14.5. The highest BCUT2D eigenvalue weighted by Gasteiger charge is 2.24. The first-order valence-corrected chi connectivity index (χ1v) is 18.8. The van der Waals surface area contributed by atoms with Crippen LogP contribution in [0.1, 0.15) is 29.0 Å². The summed E-state index contributed by atoms with van der Waals surface area (Å²) in [4.78, 5) is 0. The molecule has 0 radical (unpaired) electrons. The SMILES string of the molecule is c1ccc(-c2ccc(-c3cccc(CC4CCc5ccccc5-c5cc(-c6ccc7c(c6)c6ccccc6n7-c6ccccc6)ccc54)c3)cc2)cc1. The van der Waals surface area contributed by atoms with Gasteiger partial charge in [0.05, 0.1) is 11.0 Å². The van der Waals surface area contributed by atoms with Crippen molar-refractivity contribution in [2.45, 2.75) is 25.2 Å². The number of hydrogen-bond acceptors (Lipinski definition) is 0. The summed E-state index contributed by atoms with van der Waals surface area (Å²) >= 11 is 0. The Morgan fingerprint density at radius 2 is 1.02 bits per heavy atom. The molecule has 1 aliphatic rings. The summed E-state index contributed by atoms with van der Waals surface area (Å²) in [5.74, 6) is 0.425. The fraction of sp³-hybridized carbons (Fsp3) is 0.0769. The Bertz CT molecular complexity index is 2740. The molecule has 0 bridgehead atoms. The first kappa shape index (κ1) is 31.3. The molecule has 8 aromatic carbocycles. The van der Waals surface area contributed by atoms with E-state index in [4.69, 9.17) is 0 Å². The minimum absolute atomic E-state index is 0.425. The molecular formula is C52H39N. The zero-order valence-electron chi connectivity index (χ0n) is 29.6. The number of nitrogens with zero attached hydrogens (tertiary/aromatic N) is 1. The first-order chi connectivity index (χ1) is 26.3. The average Bonchev–Trinajstić information content (AvgIpc) is 3.48. The summed E-state index contributed by atoms with van der Waals surface area (Å²) in [6.45, 7) is 0. The van der Waals surface area contributed by atoms with Crippen molar-refractivity contribution in [1.29, 1.82) is 0 Å². The van der Waals surface area contributed by atoms with Crippen LogP contribution < -0.4 is 0 Å². The molecule has 0 N–H and O–H groups in total. The molecule has 0 saturated heterocycles. The van der Waals surface area contributed by atoms with Crippen molar-refractivity contribution in [3.8, 4) is 50.2 Å². The molecule has 252 valence electrons. The van der Waals surface area contributed by atoms with Crippen molar-refractivity contribution in [3.05, 3.63) is 211 Å². The minimum atomic E-state index is 0.425. The summed E-state index contributed by atoms with van der Waals surface area (Å²) in [5, 5.41) is 2.56. The lowest BCUT2D eigenvalue weighted by molar-refractivity contribution is 0.629. The Morgan fingerprint density at radius 3 is 1.87 bits per heavy atom. The maximum absolute atomic E-state index is 2.47. The largest absolute Gasteiger partial charge is 0.309 e. The number of aromatic nitrogens is 1. The van der Waals surface area contributed by atoms with Crippen LogP contribution in [0.3, 0.4) is 0 Å². The third-order valence-electron chi connectivity index (χ3n) is 11.3. The maximum Gasteiger partial charge on any atom is 0.0541 e. The van der Waals surface area contributed by atoms with Gasteiger partial charge in [0.1, 0.15) is 0 Å². The van der Waals surface area contributed by atoms with Crippen LogP contribution >= 0.6 is 0 Å². The van der Waals surface area contributed by atoms with Gasteiger partial charge in [-0.2, -0.15) is 0 Å². The van der Waals surface area contributed by atoms with Crippen LogP contribution in [0, 0.1) is 0 Å². The first-order valence-electron chi connectivity index (χ1n) is 18.8. The predicted molar refractivity (Wildman–Crippen MR) is 224 cm³/mol. The third kappa shape index (κ3) is 5.76. The Hall–Kier alpha value is -6.44. The number of hydrogen-bond donors (Lipinski definition) is 0. The lowest BCUT2D eigenvalue weighted by Crippen LogP contribution is -2.04. The van der Waals surface area contributed by atoms with Crippen LogP contribution in [-0.4, -0.2) is 4.57 Å². The van der Waals surface area contributed by atoms with E-state index in [0.29, 0.717) is 5.92 Å². The van der Waals surface area contributed by atoms with Gasteiger partial charge < -0.3 is 4.57 Å². The summed E-state index contributed by atoms with van der Waals surface area (Å²) < 4.78 is 2.39. The highest BCUT2D eigenvalue weighted by atomic mass is 15.0. The smallest absolute Gasteiger partial charge is 0.0541 e. The molecule has 9 aromatic rings. The standard InChI is InChI=1S/C52H39N/c1-3-13-37(14-4-1)38-22-24-39(25-23-38)41-16-11-12-36(32-41)33-44-27-26-40-15-7-8-19-46(40)49-34-42(28-30-47(44)49)43-29-31-52-50(35-43)48-20-9-10-21-51(48)53(52)45-17-5-2-6-18-45/h1-25,28-32,34-35,44H,26-27,33H2. The van der Waals surface area contributed by atoms with Gasteiger partial charge in [0.15, 0.2) is 0 Å². The topological polar surface area (TPSA) is 4.93 Å². The van der Waals surface area contributed by atoms with Crippen LogP contribution in [0.25, 0.3) is 72.0 Å². The summed E-state index contributed by atoms with van der Waals surface area (Å²) in [6.07, 6.45) is 3.22. The quantitative estimate of drug-likeness (QED) is 0.165. The van der Waals surface area contributed by atoms with E-state index in [2.05, 4.69) is 199 Å². The van der Waals surface area contributed by atoms with Crippen molar-refractivity contribution in [2.75, 3.05) is 0 Å². The van der Waals surface area contributed by atoms with Gasteiger partial charge in [0.25, 0.3) is 0 Å². The van der Waals surface area contributed by atoms with Gasteiger partial charge in [-0.1, -0.05) is 158 Å². The molecule has 1 nitrogen and oxygen atoms in total. The summed E-state index contributed by atoms with van der Waals surface area (Å²) in [7, 11) is 0. The van der Waals surface area contributed by atoms with E-state index in [-0.39, 0.29) is 0 Å². The molecule has 1 unspecified atom stereocenters. The molecule has 0 aliphatic heterocycles. The van der Waals surface area contributed by atoms with E-state index in [9.17, 15) is 0 Å². The van der Waals surface area contributed by atoms with E-state index < -0.39 is 0 Å². The highest BCUT2D eigenvalue weighted by molar-refractivity contribution is 6.10. The van der Waals surface area contributed by atoms with Crippen LogP contribution in [0.5, 0.6) is 0 Å². The maximum atomic E-state index is 2.47. The van der Waals surface area contributed by atoms with Crippen LogP contribution in [-0.2, 0) is 12.8 Å². The van der Waals surface area contributed by atoms with Gasteiger partial charge in [-0.25, -0.2) is 0 Å². The molecule has 10 rings (SSSR count). The molecule has 0 spiro atoms. The lowest BCUT2D eigenvalue weighted by Gasteiger charge is -2.20. The average molecular weight is 678 g/mol. The van der Waals surface area contributed by atoms with Gasteiger partial charge in [0, 0.05) is 16.5 Å². The molecule has 0 amide bonds. The van der Waals surface area contributed by atoms with Crippen LogP contribution in [0.4, 0.5) is 0 Å². The summed E-state index contributed by atoms with van der Waals surface area (Å²) in [6, 6.07) is 71.7. The minimum Gasteiger partial charge on any atom is -0.309 e. The van der Waals surface area contributed by atoms with E-state index >= 15 is 0 Å². The Kier molecular flexibility index (Phi) is 7.84. The Balaban J connectivity index is 1.01. The van der Waals surface area contributed by atoms with Crippen LogP contribution in [0.2, 0.25) is 0 Å². The van der Waals surface area contributed by atoms with Crippen molar-refractivity contribution in [3.63, 3.8) is 0 Å². The number of benzene rings is 8. The summed E-state index contributed by atoms with van der Waals surface area (Å²) in [5.41, 5.74) is 18.2. The predicted octanol–water partition coefficient (Wildman–Crippen LogP) is 13.7. The van der Waals surface area contributed by atoms with E-state index in [0.717, 1.165) is 19.3 Å². The number of fused-ring (bicyclic) bond motifs is 6. The van der Waals surface area contributed by atoms with E-state index in [1.807, 2.05) is 0 Å². The Labute approximate surface area is 311 Å². The molecule has 1 heterocycles. The number of para-hydroxylation sites is 2. The molecular weight excluding hydrogens is 639 g/mol. The van der Waals surface area contributed by atoms with Crippen LogP contribution in [0.15, 0.2) is 194 Å². The molecule has 1 heteroatoms. The van der Waals surface area contributed by atoms with Crippen molar-refractivity contribution in [1.82, 2.24) is 4.57 Å². The van der Waals surface area contributed by atoms with Crippen molar-refractivity contribution in [2.24, 2.45) is 0 Å².